The summed E-state index contributed by atoms with van der Waals surface area (Å²) in [7, 11) is -6.93. The third kappa shape index (κ3) is 4.21. The lowest BCUT2D eigenvalue weighted by molar-refractivity contribution is 0.586. The van der Waals surface area contributed by atoms with Gasteiger partial charge in [-0.05, 0) is 31.0 Å². The Labute approximate surface area is 114 Å². The van der Waals surface area contributed by atoms with E-state index in [-0.39, 0.29) is 16.4 Å². The monoisotopic (exact) mass is 305 g/mol. The van der Waals surface area contributed by atoms with E-state index in [9.17, 15) is 16.8 Å². The Hall–Kier alpha value is -1.08. The minimum absolute atomic E-state index is 0.0123. The summed E-state index contributed by atoms with van der Waals surface area (Å²) >= 11 is 0. The lowest BCUT2D eigenvalue weighted by Gasteiger charge is -2.09. The van der Waals surface area contributed by atoms with E-state index >= 15 is 0 Å². The molecule has 0 saturated heterocycles. The van der Waals surface area contributed by atoms with Gasteiger partial charge in [-0.1, -0.05) is 13.0 Å². The zero-order valence-corrected chi connectivity index (χ0v) is 12.7. The van der Waals surface area contributed by atoms with Crippen molar-refractivity contribution in [2.75, 3.05) is 23.0 Å². The zero-order chi connectivity index (χ0) is 14.7. The van der Waals surface area contributed by atoms with Gasteiger partial charge in [0.1, 0.15) is 0 Å². The molecule has 0 aromatic heterocycles. The molecule has 1 aromatic carbocycles. The van der Waals surface area contributed by atoms with E-state index in [1.807, 2.05) is 0 Å². The fourth-order valence-corrected chi connectivity index (χ4v) is 5.54. The standard InChI is InChI=1S/C12H19NO4S2/c1-3-7-18(14,15)8-9-19(16,17)12-6-4-5-11(13)10(12)2/h4-6H,3,7-9,13H2,1-2H3. The average molecular weight is 305 g/mol. The van der Waals surface area contributed by atoms with Crippen molar-refractivity contribution in [3.8, 4) is 0 Å². The van der Waals surface area contributed by atoms with Gasteiger partial charge in [0.2, 0.25) is 0 Å². The predicted molar refractivity (Wildman–Crippen MR) is 76.6 cm³/mol. The van der Waals surface area contributed by atoms with Crippen molar-refractivity contribution < 1.29 is 16.8 Å². The molecule has 0 spiro atoms. The molecule has 2 N–H and O–H groups in total. The maximum absolute atomic E-state index is 12.1. The van der Waals surface area contributed by atoms with E-state index in [2.05, 4.69) is 0 Å². The quantitative estimate of drug-likeness (QED) is 0.796. The molecule has 108 valence electrons. The fourth-order valence-electron chi connectivity index (χ4n) is 1.73. The SMILES string of the molecule is CCCS(=O)(=O)CCS(=O)(=O)c1cccc(N)c1C. The molecular formula is C12H19NO4S2. The van der Waals surface area contributed by atoms with Crippen molar-refractivity contribution in [2.24, 2.45) is 0 Å². The summed E-state index contributed by atoms with van der Waals surface area (Å²) in [5.41, 5.74) is 6.52. The van der Waals surface area contributed by atoms with Gasteiger partial charge >= 0.3 is 0 Å². The van der Waals surface area contributed by atoms with Crippen LogP contribution in [0.15, 0.2) is 23.1 Å². The van der Waals surface area contributed by atoms with Crippen LogP contribution in [0.4, 0.5) is 5.69 Å². The van der Waals surface area contributed by atoms with Gasteiger partial charge < -0.3 is 5.73 Å². The second-order valence-corrected chi connectivity index (χ2v) is 8.82. The third-order valence-electron chi connectivity index (χ3n) is 2.84. The van der Waals surface area contributed by atoms with E-state index in [0.29, 0.717) is 17.7 Å². The van der Waals surface area contributed by atoms with Crippen LogP contribution in [0.1, 0.15) is 18.9 Å². The van der Waals surface area contributed by atoms with E-state index in [0.717, 1.165) is 0 Å². The summed E-state index contributed by atoms with van der Waals surface area (Å²) in [6.45, 7) is 3.36. The van der Waals surface area contributed by atoms with Crippen molar-refractivity contribution in [3.63, 3.8) is 0 Å². The highest BCUT2D eigenvalue weighted by molar-refractivity contribution is 7.95. The zero-order valence-electron chi connectivity index (χ0n) is 11.1. The number of nitrogens with two attached hydrogens (primary N) is 1. The Morgan fingerprint density at radius 1 is 1.05 bits per heavy atom. The van der Waals surface area contributed by atoms with Gasteiger partial charge in [0.05, 0.1) is 16.4 Å². The number of nitrogen functional groups attached to an aromatic ring is 1. The normalized spacial score (nSPS) is 12.5. The van der Waals surface area contributed by atoms with Gasteiger partial charge in [-0.15, -0.1) is 0 Å². The first-order chi connectivity index (χ1) is 8.69. The number of hydrogen-bond donors (Lipinski definition) is 1. The van der Waals surface area contributed by atoms with Crippen LogP contribution >= 0.6 is 0 Å². The molecule has 1 rings (SSSR count). The van der Waals surface area contributed by atoms with Gasteiger partial charge in [0.25, 0.3) is 0 Å². The summed E-state index contributed by atoms with van der Waals surface area (Å²) in [5.74, 6) is -0.741. The summed E-state index contributed by atoms with van der Waals surface area (Å²) in [6.07, 6.45) is 0.486. The van der Waals surface area contributed by atoms with E-state index in [1.165, 1.54) is 6.07 Å². The molecule has 1 aromatic rings. The van der Waals surface area contributed by atoms with Gasteiger partial charge in [0.15, 0.2) is 19.7 Å². The van der Waals surface area contributed by atoms with Crippen molar-refractivity contribution in [2.45, 2.75) is 25.2 Å². The van der Waals surface area contributed by atoms with Gasteiger partial charge in [-0.3, -0.25) is 0 Å². The van der Waals surface area contributed by atoms with Crippen LogP contribution in [0, 0.1) is 6.92 Å². The number of rotatable bonds is 6. The molecule has 0 radical (unpaired) electrons. The Kier molecular flexibility index (Phi) is 4.98. The fraction of sp³-hybridized carbons (Fsp3) is 0.500. The summed E-state index contributed by atoms with van der Waals surface area (Å²) in [4.78, 5) is 0.110. The van der Waals surface area contributed by atoms with E-state index in [1.54, 1.807) is 26.0 Å². The van der Waals surface area contributed by atoms with Crippen LogP contribution in [-0.2, 0) is 19.7 Å². The van der Waals surface area contributed by atoms with Crippen molar-refractivity contribution >= 4 is 25.4 Å². The number of sulfone groups is 2. The van der Waals surface area contributed by atoms with Crippen molar-refractivity contribution in [1.82, 2.24) is 0 Å². The Bertz CT molecular complexity index is 648. The molecule has 0 aliphatic carbocycles. The second-order valence-electron chi connectivity index (χ2n) is 4.44. The smallest absolute Gasteiger partial charge is 0.179 e. The molecule has 0 saturated carbocycles. The molecule has 0 fully saturated rings. The summed E-state index contributed by atoms with van der Waals surface area (Å²) in [5, 5.41) is 0. The van der Waals surface area contributed by atoms with Gasteiger partial charge in [-0.2, -0.15) is 0 Å². The first-order valence-electron chi connectivity index (χ1n) is 5.98. The molecule has 0 atom stereocenters. The number of anilines is 1. The molecule has 0 heterocycles. The minimum Gasteiger partial charge on any atom is -0.398 e. The maximum atomic E-state index is 12.1. The molecule has 0 amide bonds. The minimum atomic E-state index is -3.62. The lowest BCUT2D eigenvalue weighted by Crippen LogP contribution is -2.20. The van der Waals surface area contributed by atoms with Crippen LogP contribution < -0.4 is 5.73 Å². The van der Waals surface area contributed by atoms with Crippen LogP contribution in [0.25, 0.3) is 0 Å². The molecule has 0 bridgehead atoms. The largest absolute Gasteiger partial charge is 0.398 e. The molecule has 7 heteroatoms. The average Bonchev–Trinajstić information content (AvgIpc) is 2.30. The third-order valence-corrected chi connectivity index (χ3v) is 6.81. The van der Waals surface area contributed by atoms with Crippen molar-refractivity contribution in [1.29, 1.82) is 0 Å². The van der Waals surface area contributed by atoms with E-state index < -0.39 is 25.4 Å². The summed E-state index contributed by atoms with van der Waals surface area (Å²) in [6, 6.07) is 4.62. The highest BCUT2D eigenvalue weighted by atomic mass is 32.2. The first kappa shape index (κ1) is 16.0. The highest BCUT2D eigenvalue weighted by Gasteiger charge is 2.21. The second kappa shape index (κ2) is 5.92. The molecule has 5 nitrogen and oxygen atoms in total. The first-order valence-corrected chi connectivity index (χ1v) is 9.45. The molecule has 0 aliphatic rings. The van der Waals surface area contributed by atoms with Gasteiger partial charge in [-0.25, -0.2) is 16.8 Å². The number of benzene rings is 1. The Morgan fingerprint density at radius 3 is 2.26 bits per heavy atom. The molecule has 0 unspecified atom stereocenters. The number of hydrogen-bond acceptors (Lipinski definition) is 5. The molecular weight excluding hydrogens is 286 g/mol. The van der Waals surface area contributed by atoms with Gasteiger partial charge in [0, 0.05) is 11.4 Å². The Morgan fingerprint density at radius 2 is 1.68 bits per heavy atom. The predicted octanol–water partition coefficient (Wildman–Crippen LogP) is 1.18. The van der Waals surface area contributed by atoms with Crippen LogP contribution in [0.5, 0.6) is 0 Å². The van der Waals surface area contributed by atoms with Crippen LogP contribution in [0.3, 0.4) is 0 Å². The molecule has 0 aliphatic heterocycles. The van der Waals surface area contributed by atoms with E-state index in [4.69, 9.17) is 5.73 Å². The van der Waals surface area contributed by atoms with Crippen LogP contribution in [0.2, 0.25) is 0 Å². The molecule has 19 heavy (non-hydrogen) atoms. The van der Waals surface area contributed by atoms with Crippen LogP contribution in [-0.4, -0.2) is 34.1 Å². The maximum Gasteiger partial charge on any atom is 0.179 e. The highest BCUT2D eigenvalue weighted by Crippen LogP contribution is 2.21. The summed E-state index contributed by atoms with van der Waals surface area (Å²) < 4.78 is 47.4. The topological polar surface area (TPSA) is 94.3 Å². The lowest BCUT2D eigenvalue weighted by atomic mass is 10.2. The Balaban J connectivity index is 2.97. The van der Waals surface area contributed by atoms with Crippen molar-refractivity contribution in [3.05, 3.63) is 23.8 Å².